The molecule has 16 heavy (non-hydrogen) atoms. The zero-order valence-corrected chi connectivity index (χ0v) is 9.85. The maximum Gasteiger partial charge on any atom is 0.161 e. The molecule has 0 radical (unpaired) electrons. The summed E-state index contributed by atoms with van der Waals surface area (Å²) in [5.41, 5.74) is 2.53. The van der Waals surface area contributed by atoms with E-state index in [0.717, 1.165) is 6.42 Å². The molecule has 0 aliphatic carbocycles. The molecule has 1 saturated heterocycles. The Morgan fingerprint density at radius 1 is 1.38 bits per heavy atom. The first-order chi connectivity index (χ1) is 7.75. The molecule has 2 rings (SSSR count). The molecule has 0 aromatic heterocycles. The fourth-order valence-corrected chi connectivity index (χ4v) is 1.80. The van der Waals surface area contributed by atoms with Gasteiger partial charge in [-0.25, -0.2) is 0 Å². The second-order valence-corrected chi connectivity index (χ2v) is 4.20. The molecule has 1 aliphatic rings. The fourth-order valence-electron chi connectivity index (χ4n) is 1.80. The van der Waals surface area contributed by atoms with E-state index in [-0.39, 0.29) is 12.4 Å². The van der Waals surface area contributed by atoms with E-state index in [2.05, 4.69) is 37.3 Å². The average molecular weight is 218 g/mol. The van der Waals surface area contributed by atoms with Crippen LogP contribution in [0, 0.1) is 0 Å². The van der Waals surface area contributed by atoms with Gasteiger partial charge in [-0.1, -0.05) is 36.4 Å². The highest BCUT2D eigenvalue weighted by Gasteiger charge is 2.20. The second kappa shape index (κ2) is 5.28. The Bertz CT molecular complexity index is 356. The molecule has 2 nitrogen and oxygen atoms in total. The molecule has 86 valence electrons. The van der Waals surface area contributed by atoms with Gasteiger partial charge in [0.25, 0.3) is 0 Å². The number of ether oxygens (including phenoxy) is 2. The first kappa shape index (κ1) is 11.4. The van der Waals surface area contributed by atoms with Crippen LogP contribution in [0.4, 0.5) is 0 Å². The van der Waals surface area contributed by atoms with E-state index in [1.807, 2.05) is 13.0 Å². The molecule has 0 spiro atoms. The van der Waals surface area contributed by atoms with Crippen molar-refractivity contribution >= 4 is 5.57 Å². The quantitative estimate of drug-likeness (QED) is 0.775. The van der Waals surface area contributed by atoms with Gasteiger partial charge in [-0.3, -0.25) is 0 Å². The van der Waals surface area contributed by atoms with Crippen LogP contribution in [-0.2, 0) is 9.47 Å². The van der Waals surface area contributed by atoms with Crippen LogP contribution < -0.4 is 0 Å². The van der Waals surface area contributed by atoms with E-state index < -0.39 is 0 Å². The fraction of sp³-hybridized carbons (Fsp3) is 0.429. The third kappa shape index (κ3) is 2.94. The van der Waals surface area contributed by atoms with Gasteiger partial charge >= 0.3 is 0 Å². The monoisotopic (exact) mass is 218 g/mol. The van der Waals surface area contributed by atoms with Crippen molar-refractivity contribution in [3.63, 3.8) is 0 Å². The smallest absolute Gasteiger partial charge is 0.161 e. The molecule has 1 fully saturated rings. The predicted octanol–water partition coefficient (Wildman–Crippen LogP) is 3.24. The lowest BCUT2D eigenvalue weighted by molar-refractivity contribution is -0.0509. The van der Waals surface area contributed by atoms with Gasteiger partial charge in [0.05, 0.1) is 12.7 Å². The Morgan fingerprint density at radius 3 is 2.75 bits per heavy atom. The van der Waals surface area contributed by atoms with Crippen molar-refractivity contribution in [3.05, 3.63) is 42.0 Å². The van der Waals surface area contributed by atoms with Gasteiger partial charge in [-0.2, -0.15) is 0 Å². The Balaban J connectivity index is 1.92. The van der Waals surface area contributed by atoms with E-state index in [9.17, 15) is 0 Å². The molecule has 2 heteroatoms. The first-order valence-electron chi connectivity index (χ1n) is 5.75. The van der Waals surface area contributed by atoms with Crippen molar-refractivity contribution in [3.8, 4) is 0 Å². The zero-order chi connectivity index (χ0) is 11.4. The number of hydrogen-bond acceptors (Lipinski definition) is 2. The summed E-state index contributed by atoms with van der Waals surface area (Å²) in [6, 6.07) is 10.4. The minimum absolute atomic E-state index is 0.0614. The maximum atomic E-state index is 5.58. The molecule has 1 aromatic carbocycles. The summed E-state index contributed by atoms with van der Waals surface area (Å²) in [6.07, 6.45) is 3.17. The Morgan fingerprint density at radius 2 is 2.12 bits per heavy atom. The van der Waals surface area contributed by atoms with Crippen molar-refractivity contribution in [1.82, 2.24) is 0 Å². The topological polar surface area (TPSA) is 18.5 Å². The molecule has 1 aromatic rings. The summed E-state index contributed by atoms with van der Waals surface area (Å²) in [5.74, 6) is 0. The minimum atomic E-state index is -0.0614. The second-order valence-electron chi connectivity index (χ2n) is 4.20. The van der Waals surface area contributed by atoms with Crippen LogP contribution in [-0.4, -0.2) is 19.0 Å². The molecule has 2 unspecified atom stereocenters. The van der Waals surface area contributed by atoms with Crippen LogP contribution in [0.2, 0.25) is 0 Å². The summed E-state index contributed by atoms with van der Waals surface area (Å²) in [7, 11) is 0. The molecule has 0 N–H and O–H groups in total. The largest absolute Gasteiger partial charge is 0.350 e. The Kier molecular flexibility index (Phi) is 3.75. The van der Waals surface area contributed by atoms with E-state index in [0.29, 0.717) is 6.61 Å². The molecule has 2 atom stereocenters. The average Bonchev–Trinajstić information content (AvgIpc) is 2.73. The highest BCUT2D eigenvalue weighted by atomic mass is 16.7. The highest BCUT2D eigenvalue weighted by Crippen LogP contribution is 2.18. The summed E-state index contributed by atoms with van der Waals surface area (Å²) >= 11 is 0. The van der Waals surface area contributed by atoms with E-state index in [1.165, 1.54) is 11.1 Å². The first-order valence-corrected chi connectivity index (χ1v) is 5.75. The molecule has 0 bridgehead atoms. The lowest BCUT2D eigenvalue weighted by Crippen LogP contribution is -2.07. The standard InChI is InChI=1S/C14H18O2/c1-11(13-6-4-3-5-7-13)8-9-14-15-10-12(2)16-14/h3-8,12,14H,9-10H2,1-2H3. The van der Waals surface area contributed by atoms with E-state index in [4.69, 9.17) is 9.47 Å². The minimum Gasteiger partial charge on any atom is -0.350 e. The normalized spacial score (nSPS) is 26.0. The van der Waals surface area contributed by atoms with E-state index in [1.54, 1.807) is 0 Å². The Labute approximate surface area is 96.9 Å². The highest BCUT2D eigenvalue weighted by molar-refractivity contribution is 5.63. The van der Waals surface area contributed by atoms with Crippen molar-refractivity contribution in [1.29, 1.82) is 0 Å². The molecule has 0 amide bonds. The molecular weight excluding hydrogens is 200 g/mol. The van der Waals surface area contributed by atoms with Crippen LogP contribution in [0.5, 0.6) is 0 Å². The number of rotatable bonds is 3. The third-order valence-electron chi connectivity index (χ3n) is 2.75. The number of allylic oxidation sites excluding steroid dienone is 1. The van der Waals surface area contributed by atoms with Crippen molar-refractivity contribution < 1.29 is 9.47 Å². The lowest BCUT2D eigenvalue weighted by Gasteiger charge is -2.07. The van der Waals surface area contributed by atoms with Gasteiger partial charge in [-0.05, 0) is 25.0 Å². The molecule has 1 heterocycles. The van der Waals surface area contributed by atoms with Gasteiger partial charge in [-0.15, -0.1) is 0 Å². The zero-order valence-electron chi connectivity index (χ0n) is 9.85. The van der Waals surface area contributed by atoms with Crippen LogP contribution in [0.15, 0.2) is 36.4 Å². The van der Waals surface area contributed by atoms with Crippen LogP contribution in [0.1, 0.15) is 25.8 Å². The number of hydrogen-bond donors (Lipinski definition) is 0. The van der Waals surface area contributed by atoms with Crippen molar-refractivity contribution in [2.45, 2.75) is 32.7 Å². The molecular formula is C14H18O2. The van der Waals surface area contributed by atoms with Gasteiger partial charge in [0.15, 0.2) is 6.29 Å². The van der Waals surface area contributed by atoms with Crippen LogP contribution >= 0.6 is 0 Å². The van der Waals surface area contributed by atoms with Crippen molar-refractivity contribution in [2.24, 2.45) is 0 Å². The Hall–Kier alpha value is -1.12. The van der Waals surface area contributed by atoms with Gasteiger partial charge in [0, 0.05) is 6.42 Å². The molecule has 0 saturated carbocycles. The maximum absolute atomic E-state index is 5.58. The van der Waals surface area contributed by atoms with Crippen LogP contribution in [0.25, 0.3) is 5.57 Å². The van der Waals surface area contributed by atoms with E-state index >= 15 is 0 Å². The third-order valence-corrected chi connectivity index (χ3v) is 2.75. The summed E-state index contributed by atoms with van der Waals surface area (Å²) in [4.78, 5) is 0. The SMILES string of the molecule is CC(=CCC1OCC(C)O1)c1ccccc1. The van der Waals surface area contributed by atoms with Crippen molar-refractivity contribution in [2.75, 3.05) is 6.61 Å². The summed E-state index contributed by atoms with van der Waals surface area (Å²) in [6.45, 7) is 4.87. The predicted molar refractivity (Wildman–Crippen MR) is 65.0 cm³/mol. The van der Waals surface area contributed by atoms with Gasteiger partial charge in [0.1, 0.15) is 0 Å². The lowest BCUT2D eigenvalue weighted by atomic mass is 10.1. The molecule has 1 aliphatic heterocycles. The van der Waals surface area contributed by atoms with Crippen LogP contribution in [0.3, 0.4) is 0 Å². The summed E-state index contributed by atoms with van der Waals surface area (Å²) in [5, 5.41) is 0. The number of benzene rings is 1. The van der Waals surface area contributed by atoms with Gasteiger partial charge in [0.2, 0.25) is 0 Å². The van der Waals surface area contributed by atoms with Gasteiger partial charge < -0.3 is 9.47 Å². The summed E-state index contributed by atoms with van der Waals surface area (Å²) < 4.78 is 11.1.